The van der Waals surface area contributed by atoms with Crippen molar-refractivity contribution in [1.82, 2.24) is 4.98 Å². The Morgan fingerprint density at radius 1 is 1.28 bits per heavy atom. The number of benzene rings is 2. The quantitative estimate of drug-likeness (QED) is 0.241. The van der Waals surface area contributed by atoms with Gasteiger partial charge in [-0.1, -0.05) is 28.1 Å². The lowest BCUT2D eigenvalue weighted by Crippen LogP contribution is -2.04. The Morgan fingerprint density at radius 2 is 2.09 bits per heavy atom. The van der Waals surface area contributed by atoms with Crippen LogP contribution in [-0.2, 0) is 0 Å². The number of allylic oxidation sites excluding steroid dienone is 1. The topological polar surface area (TPSA) is 88.2 Å². The van der Waals surface area contributed by atoms with Crippen LogP contribution >= 0.6 is 27.3 Å². The fourth-order valence-electron chi connectivity index (χ4n) is 2.87. The molecule has 0 aliphatic rings. The van der Waals surface area contributed by atoms with Crippen LogP contribution in [0.4, 0.5) is 14.5 Å². The third-order valence-corrected chi connectivity index (χ3v) is 5.67. The van der Waals surface area contributed by atoms with Gasteiger partial charge in [-0.05, 0) is 36.4 Å². The molecule has 0 amide bonds. The second-order valence-electron chi connectivity index (χ2n) is 6.36. The normalized spacial score (nSPS) is 11.5. The summed E-state index contributed by atoms with van der Waals surface area (Å²) in [4.78, 5) is 16.8. The highest BCUT2D eigenvalue weighted by molar-refractivity contribution is 9.10. The van der Waals surface area contributed by atoms with Gasteiger partial charge in [0.2, 0.25) is 0 Å². The highest BCUT2D eigenvalue weighted by Crippen LogP contribution is 2.29. The first kappa shape index (κ1) is 21.7. The molecule has 160 valence electrons. The van der Waals surface area contributed by atoms with Gasteiger partial charge in [0.25, 0.3) is 0 Å². The van der Waals surface area contributed by atoms with Gasteiger partial charge in [-0.25, -0.2) is 9.78 Å². The first-order valence-corrected chi connectivity index (χ1v) is 10.7. The van der Waals surface area contributed by atoms with E-state index in [-0.39, 0.29) is 22.6 Å². The van der Waals surface area contributed by atoms with Crippen molar-refractivity contribution in [2.24, 2.45) is 0 Å². The number of para-hydroxylation sites is 2. The molecule has 1 N–H and O–H groups in total. The number of anilines is 1. The average molecular weight is 516 g/mol. The van der Waals surface area contributed by atoms with Gasteiger partial charge < -0.3 is 14.5 Å². The van der Waals surface area contributed by atoms with Crippen molar-refractivity contribution in [2.75, 3.05) is 5.32 Å². The molecule has 2 heterocycles. The molecule has 2 aromatic carbocycles. The summed E-state index contributed by atoms with van der Waals surface area (Å²) in [5, 5.41) is 15.1. The number of nitrogens with one attached hydrogen (secondary N) is 1. The van der Waals surface area contributed by atoms with E-state index in [0.29, 0.717) is 16.3 Å². The number of rotatable bonds is 6. The summed E-state index contributed by atoms with van der Waals surface area (Å²) in [6.07, 6.45) is 1.34. The zero-order chi connectivity index (χ0) is 22.7. The van der Waals surface area contributed by atoms with Gasteiger partial charge in [0.15, 0.2) is 0 Å². The van der Waals surface area contributed by atoms with Gasteiger partial charge in [0.05, 0.1) is 16.9 Å². The SMILES string of the molecule is N#C/C(=C\Nc1ccccc1OC(F)F)c1nc(-c2cc3cc(Br)ccc3oc2=O)cs1. The van der Waals surface area contributed by atoms with Crippen molar-refractivity contribution in [3.63, 3.8) is 0 Å². The highest BCUT2D eigenvalue weighted by Gasteiger charge is 2.15. The predicted octanol–water partition coefficient (Wildman–Crippen LogP) is 6.26. The number of alkyl halides is 2. The van der Waals surface area contributed by atoms with Crippen LogP contribution in [0.1, 0.15) is 5.01 Å². The second-order valence-corrected chi connectivity index (χ2v) is 8.13. The first-order valence-electron chi connectivity index (χ1n) is 9.05. The first-order chi connectivity index (χ1) is 15.4. The van der Waals surface area contributed by atoms with E-state index >= 15 is 0 Å². The van der Waals surface area contributed by atoms with Crippen molar-refractivity contribution in [2.45, 2.75) is 6.61 Å². The van der Waals surface area contributed by atoms with Gasteiger partial charge in [-0.15, -0.1) is 11.3 Å². The minimum Gasteiger partial charge on any atom is -0.433 e. The average Bonchev–Trinajstić information content (AvgIpc) is 3.24. The van der Waals surface area contributed by atoms with E-state index in [1.807, 2.05) is 12.1 Å². The molecule has 0 aliphatic heterocycles. The van der Waals surface area contributed by atoms with Crippen molar-refractivity contribution in [3.05, 3.63) is 80.0 Å². The highest BCUT2D eigenvalue weighted by atomic mass is 79.9. The number of ether oxygens (including phenoxy) is 1. The predicted molar refractivity (Wildman–Crippen MR) is 122 cm³/mol. The third-order valence-electron chi connectivity index (χ3n) is 4.30. The maximum atomic E-state index is 12.6. The smallest absolute Gasteiger partial charge is 0.387 e. The van der Waals surface area contributed by atoms with Crippen molar-refractivity contribution in [3.8, 4) is 23.1 Å². The molecule has 4 aromatic rings. The molecule has 0 fully saturated rings. The van der Waals surface area contributed by atoms with Crippen LogP contribution in [0.25, 0.3) is 27.8 Å². The van der Waals surface area contributed by atoms with Crippen molar-refractivity contribution >= 4 is 49.5 Å². The number of thiazole rings is 1. The molecule has 0 spiro atoms. The van der Waals surface area contributed by atoms with E-state index in [1.54, 1.807) is 35.7 Å². The monoisotopic (exact) mass is 515 g/mol. The number of hydrogen-bond acceptors (Lipinski definition) is 7. The minimum atomic E-state index is -2.98. The summed E-state index contributed by atoms with van der Waals surface area (Å²) in [5.41, 5.74) is 0.945. The molecule has 0 saturated heterocycles. The molecule has 2 aromatic heterocycles. The molecular formula is C22H12BrF2N3O3S. The Morgan fingerprint density at radius 3 is 2.88 bits per heavy atom. The van der Waals surface area contributed by atoms with E-state index in [0.717, 1.165) is 21.2 Å². The number of hydrogen-bond donors (Lipinski definition) is 1. The standard InChI is InChI=1S/C22H12BrF2N3O3S/c23-14-5-6-18-12(7-14)8-15(21(29)30-18)17-11-32-20(28-17)13(9-26)10-27-16-3-1-2-4-19(16)31-22(24)25/h1-8,10-11,22,27H/b13-10+. The zero-order valence-corrected chi connectivity index (χ0v) is 18.4. The second kappa shape index (κ2) is 9.30. The lowest BCUT2D eigenvalue weighted by Gasteiger charge is -2.10. The van der Waals surface area contributed by atoms with Gasteiger partial charge >= 0.3 is 12.2 Å². The van der Waals surface area contributed by atoms with Crippen LogP contribution in [-0.4, -0.2) is 11.6 Å². The molecule has 4 rings (SSSR count). The number of fused-ring (bicyclic) bond motifs is 1. The Labute approximate surface area is 192 Å². The van der Waals surface area contributed by atoms with Gasteiger partial charge in [-0.3, -0.25) is 0 Å². The van der Waals surface area contributed by atoms with E-state index in [1.165, 1.54) is 18.3 Å². The van der Waals surface area contributed by atoms with Crippen LogP contribution in [0.15, 0.2) is 73.8 Å². The maximum absolute atomic E-state index is 12.6. The third kappa shape index (κ3) is 4.69. The van der Waals surface area contributed by atoms with Crippen molar-refractivity contribution in [1.29, 1.82) is 5.26 Å². The fourth-order valence-corrected chi connectivity index (χ4v) is 4.03. The molecule has 32 heavy (non-hydrogen) atoms. The van der Waals surface area contributed by atoms with E-state index in [9.17, 15) is 18.8 Å². The van der Waals surface area contributed by atoms with Crippen LogP contribution in [0.5, 0.6) is 5.75 Å². The van der Waals surface area contributed by atoms with E-state index < -0.39 is 12.2 Å². The summed E-state index contributed by atoms with van der Waals surface area (Å²) >= 11 is 4.55. The minimum absolute atomic E-state index is 0.0594. The number of aromatic nitrogens is 1. The largest absolute Gasteiger partial charge is 0.433 e. The fraction of sp³-hybridized carbons (Fsp3) is 0.0455. The molecule has 0 aliphatic carbocycles. The molecule has 10 heteroatoms. The number of halogens is 3. The molecule has 0 atom stereocenters. The summed E-state index contributed by atoms with van der Waals surface area (Å²) in [5.74, 6) is -0.0594. The molecular weight excluding hydrogens is 504 g/mol. The summed E-state index contributed by atoms with van der Waals surface area (Å²) in [6.45, 7) is -2.98. The lowest BCUT2D eigenvalue weighted by molar-refractivity contribution is -0.0493. The molecule has 0 radical (unpaired) electrons. The van der Waals surface area contributed by atoms with Crippen LogP contribution in [0.2, 0.25) is 0 Å². The van der Waals surface area contributed by atoms with Gasteiger partial charge in [-0.2, -0.15) is 14.0 Å². The Hall–Kier alpha value is -3.55. The summed E-state index contributed by atoms with van der Waals surface area (Å²) in [7, 11) is 0. The molecule has 0 unspecified atom stereocenters. The molecule has 0 bridgehead atoms. The van der Waals surface area contributed by atoms with Gasteiger partial charge in [0.1, 0.15) is 28.0 Å². The van der Waals surface area contributed by atoms with E-state index in [2.05, 4.69) is 31.0 Å². The van der Waals surface area contributed by atoms with Crippen molar-refractivity contribution < 1.29 is 17.9 Å². The zero-order valence-electron chi connectivity index (χ0n) is 16.0. The van der Waals surface area contributed by atoms with Crippen LogP contribution in [0, 0.1) is 11.3 Å². The summed E-state index contributed by atoms with van der Waals surface area (Å²) < 4.78 is 35.8. The lowest BCUT2D eigenvalue weighted by atomic mass is 10.1. The number of nitriles is 1. The maximum Gasteiger partial charge on any atom is 0.387 e. The Kier molecular flexibility index (Phi) is 6.30. The van der Waals surface area contributed by atoms with Gasteiger partial charge in [0, 0.05) is 21.4 Å². The summed E-state index contributed by atoms with van der Waals surface area (Å²) in [6, 6.07) is 15.1. The molecule has 0 saturated carbocycles. The Balaban J connectivity index is 1.64. The molecule has 6 nitrogen and oxygen atoms in total. The van der Waals surface area contributed by atoms with Crippen LogP contribution < -0.4 is 15.7 Å². The Bertz CT molecular complexity index is 1430. The van der Waals surface area contributed by atoms with Crippen LogP contribution in [0.3, 0.4) is 0 Å². The number of nitrogens with zero attached hydrogens (tertiary/aromatic N) is 2. The van der Waals surface area contributed by atoms with E-state index in [4.69, 9.17) is 4.42 Å².